The van der Waals surface area contributed by atoms with Crippen molar-refractivity contribution in [3.63, 3.8) is 0 Å². The molecule has 0 saturated heterocycles. The molecule has 10 aromatic carbocycles. The average Bonchev–Trinajstić information content (AvgIpc) is 3.48. The van der Waals surface area contributed by atoms with E-state index in [1.807, 2.05) is 0 Å². The van der Waals surface area contributed by atoms with Gasteiger partial charge < -0.3 is 0 Å². The molecule has 0 saturated carbocycles. The summed E-state index contributed by atoms with van der Waals surface area (Å²) in [6, 6.07) is 72.3. The van der Waals surface area contributed by atoms with Crippen LogP contribution in [0.5, 0.6) is 0 Å². The van der Waals surface area contributed by atoms with Gasteiger partial charge in [0.05, 0.1) is 0 Å². The maximum absolute atomic E-state index is 2.46. The maximum atomic E-state index is 2.46. The van der Waals surface area contributed by atoms with E-state index in [2.05, 4.69) is 208 Å². The highest BCUT2D eigenvalue weighted by Crippen LogP contribution is 2.51. The first-order chi connectivity index (χ1) is 27.0. The number of benzene rings is 10. The summed E-state index contributed by atoms with van der Waals surface area (Å²) in [6.07, 6.45) is 0. The van der Waals surface area contributed by atoms with Crippen molar-refractivity contribution in [3.05, 3.63) is 205 Å². The van der Waals surface area contributed by atoms with E-state index >= 15 is 0 Å². The van der Waals surface area contributed by atoms with Crippen LogP contribution in [-0.4, -0.2) is 0 Å². The lowest BCUT2D eigenvalue weighted by molar-refractivity contribution is 0.661. The van der Waals surface area contributed by atoms with E-state index in [0.29, 0.717) is 0 Å². The third kappa shape index (κ3) is 5.06. The van der Waals surface area contributed by atoms with Gasteiger partial charge in [0, 0.05) is 5.41 Å². The van der Waals surface area contributed by atoms with Gasteiger partial charge in [-0.3, -0.25) is 0 Å². The highest BCUT2D eigenvalue weighted by Gasteiger charge is 2.36. The van der Waals surface area contributed by atoms with Gasteiger partial charge in [-0.2, -0.15) is 0 Å². The summed E-state index contributed by atoms with van der Waals surface area (Å²) < 4.78 is 0. The van der Waals surface area contributed by atoms with E-state index in [1.165, 1.54) is 110 Å². The summed E-state index contributed by atoms with van der Waals surface area (Å²) in [5, 5.41) is 10.3. The molecule has 0 fully saturated rings. The Morgan fingerprint density at radius 3 is 1.29 bits per heavy atom. The molecule has 10 aromatic rings. The van der Waals surface area contributed by atoms with Crippen molar-refractivity contribution in [1.82, 2.24) is 0 Å². The van der Waals surface area contributed by atoms with E-state index < -0.39 is 0 Å². The van der Waals surface area contributed by atoms with Crippen LogP contribution in [0.3, 0.4) is 0 Å². The lowest BCUT2D eigenvalue weighted by Gasteiger charge is -2.23. The van der Waals surface area contributed by atoms with Gasteiger partial charge in [0.1, 0.15) is 0 Å². The number of fused-ring (bicyclic) bond motifs is 10. The summed E-state index contributed by atoms with van der Waals surface area (Å²) in [6.45, 7) is 4.78. The molecule has 0 heteroatoms. The Kier molecular flexibility index (Phi) is 7.00. The van der Waals surface area contributed by atoms with Crippen LogP contribution in [0, 0.1) is 0 Å². The summed E-state index contributed by atoms with van der Waals surface area (Å²) in [4.78, 5) is 0. The van der Waals surface area contributed by atoms with Gasteiger partial charge in [-0.1, -0.05) is 166 Å². The van der Waals surface area contributed by atoms with Gasteiger partial charge in [0.25, 0.3) is 0 Å². The molecule has 258 valence electrons. The Morgan fingerprint density at radius 1 is 0.255 bits per heavy atom. The SMILES string of the molecule is CC1(C)c2cc(-c3cc(-c4ccccc4)cc(-c4ccc5c6ccccc6c6ccccc6c5c4)c3)ccc2-c2ccc(-c3ccc4ccccc4c3)cc21. The molecule has 0 heterocycles. The van der Waals surface area contributed by atoms with Gasteiger partial charge >= 0.3 is 0 Å². The molecule has 0 N–H and O–H groups in total. The second kappa shape index (κ2) is 12.1. The number of hydrogen-bond donors (Lipinski definition) is 0. The quantitative estimate of drug-likeness (QED) is 0.161. The molecule has 0 amide bonds. The molecule has 0 aromatic heterocycles. The molecule has 0 radical (unpaired) electrons. The normalized spacial score (nSPS) is 13.1. The predicted molar refractivity (Wildman–Crippen MR) is 236 cm³/mol. The summed E-state index contributed by atoms with van der Waals surface area (Å²) in [5.74, 6) is 0. The molecular weight excluding hydrogens is 661 g/mol. The van der Waals surface area contributed by atoms with Crippen molar-refractivity contribution in [2.45, 2.75) is 19.3 Å². The second-order valence-electron chi connectivity index (χ2n) is 15.7. The van der Waals surface area contributed by atoms with Gasteiger partial charge in [-0.25, -0.2) is 0 Å². The van der Waals surface area contributed by atoms with Crippen LogP contribution < -0.4 is 0 Å². The van der Waals surface area contributed by atoms with Crippen molar-refractivity contribution >= 4 is 43.1 Å². The zero-order chi connectivity index (χ0) is 36.7. The predicted octanol–water partition coefficient (Wildman–Crippen LogP) is 15.3. The molecule has 0 bridgehead atoms. The molecule has 0 spiro atoms. The molecule has 0 nitrogen and oxygen atoms in total. The molecule has 1 aliphatic carbocycles. The fraction of sp³-hybridized carbons (Fsp3) is 0.0545. The molecular formula is C55H38. The summed E-state index contributed by atoms with van der Waals surface area (Å²) in [5.41, 5.74) is 15.2. The van der Waals surface area contributed by atoms with E-state index in [1.54, 1.807) is 0 Å². The van der Waals surface area contributed by atoms with Crippen LogP contribution in [0.1, 0.15) is 25.0 Å². The Morgan fingerprint density at radius 2 is 0.673 bits per heavy atom. The van der Waals surface area contributed by atoms with Crippen LogP contribution in [0.2, 0.25) is 0 Å². The van der Waals surface area contributed by atoms with Crippen molar-refractivity contribution in [1.29, 1.82) is 0 Å². The topological polar surface area (TPSA) is 0 Å². The van der Waals surface area contributed by atoms with Crippen LogP contribution in [0.15, 0.2) is 194 Å². The first-order valence-electron chi connectivity index (χ1n) is 19.3. The minimum absolute atomic E-state index is 0.143. The second-order valence-corrected chi connectivity index (χ2v) is 15.7. The van der Waals surface area contributed by atoms with E-state index in [4.69, 9.17) is 0 Å². The fourth-order valence-electron chi connectivity index (χ4n) is 9.31. The molecule has 0 unspecified atom stereocenters. The van der Waals surface area contributed by atoms with E-state index in [0.717, 1.165) is 0 Å². The average molecular weight is 699 g/mol. The zero-order valence-corrected chi connectivity index (χ0v) is 31.0. The molecule has 11 rings (SSSR count). The van der Waals surface area contributed by atoms with E-state index in [9.17, 15) is 0 Å². The van der Waals surface area contributed by atoms with Gasteiger partial charge in [-0.15, -0.1) is 0 Å². The Hall–Kier alpha value is -6.76. The minimum atomic E-state index is -0.143. The summed E-state index contributed by atoms with van der Waals surface area (Å²) in [7, 11) is 0. The third-order valence-corrected chi connectivity index (χ3v) is 12.2. The molecule has 55 heavy (non-hydrogen) atoms. The number of hydrogen-bond acceptors (Lipinski definition) is 0. The Labute approximate surface area is 322 Å². The maximum Gasteiger partial charge on any atom is 0.0159 e. The zero-order valence-electron chi connectivity index (χ0n) is 31.0. The highest BCUT2D eigenvalue weighted by atomic mass is 14.4. The number of rotatable bonds is 4. The van der Waals surface area contributed by atoms with Gasteiger partial charge in [0.2, 0.25) is 0 Å². The van der Waals surface area contributed by atoms with Crippen molar-refractivity contribution in [2.75, 3.05) is 0 Å². The van der Waals surface area contributed by atoms with Crippen LogP contribution in [0.4, 0.5) is 0 Å². The summed E-state index contributed by atoms with van der Waals surface area (Å²) >= 11 is 0. The van der Waals surface area contributed by atoms with Crippen molar-refractivity contribution < 1.29 is 0 Å². The first-order valence-corrected chi connectivity index (χ1v) is 19.3. The lowest BCUT2D eigenvalue weighted by Crippen LogP contribution is -2.15. The van der Waals surface area contributed by atoms with E-state index in [-0.39, 0.29) is 5.41 Å². The van der Waals surface area contributed by atoms with Crippen LogP contribution in [-0.2, 0) is 5.41 Å². The monoisotopic (exact) mass is 698 g/mol. The smallest absolute Gasteiger partial charge is 0.0159 e. The first kappa shape index (κ1) is 31.7. The third-order valence-electron chi connectivity index (χ3n) is 12.2. The van der Waals surface area contributed by atoms with Crippen LogP contribution in [0.25, 0.3) is 98.7 Å². The highest BCUT2D eigenvalue weighted by molar-refractivity contribution is 6.25. The Bertz CT molecular complexity index is 3130. The van der Waals surface area contributed by atoms with Crippen molar-refractivity contribution in [3.8, 4) is 55.6 Å². The molecule has 1 aliphatic rings. The van der Waals surface area contributed by atoms with Crippen molar-refractivity contribution in [2.24, 2.45) is 0 Å². The molecule has 0 aliphatic heterocycles. The standard InChI is InChI=1S/C55H38/c1-55(2)53-33-40(38-21-20-36-14-6-7-15-37(36)28-38)23-26-50(53)51-27-24-41(34-54(51)55)44-30-42(35-12-4-3-5-13-35)29-43(31-44)39-22-25-49-47-18-9-8-16-45(47)46-17-10-11-19-48(46)52(49)32-39/h3-34H,1-2H3. The Balaban J connectivity index is 1.05. The minimum Gasteiger partial charge on any atom is -0.0622 e. The fourth-order valence-corrected chi connectivity index (χ4v) is 9.31. The van der Waals surface area contributed by atoms with Gasteiger partial charge in [0.15, 0.2) is 0 Å². The van der Waals surface area contributed by atoms with Gasteiger partial charge in [-0.05, 0) is 152 Å². The van der Waals surface area contributed by atoms with Crippen LogP contribution >= 0.6 is 0 Å². The largest absolute Gasteiger partial charge is 0.0622 e. The molecule has 0 atom stereocenters. The lowest BCUT2D eigenvalue weighted by atomic mass is 9.80.